The van der Waals surface area contributed by atoms with Crippen molar-refractivity contribution in [2.45, 2.75) is 39.2 Å². The summed E-state index contributed by atoms with van der Waals surface area (Å²) in [5.41, 5.74) is 0.606. The van der Waals surface area contributed by atoms with Crippen molar-refractivity contribution >= 4 is 39.0 Å². The van der Waals surface area contributed by atoms with E-state index in [4.69, 9.17) is 4.74 Å². The fourth-order valence-corrected chi connectivity index (χ4v) is 5.36. The molecular weight excluding hydrogens is 422 g/mol. The van der Waals surface area contributed by atoms with Crippen molar-refractivity contribution in [3.05, 3.63) is 30.3 Å². The summed E-state index contributed by atoms with van der Waals surface area (Å²) in [5, 5.41) is 5.29. The van der Waals surface area contributed by atoms with Gasteiger partial charge in [0.1, 0.15) is 5.71 Å². The van der Waals surface area contributed by atoms with Gasteiger partial charge in [0.15, 0.2) is 16.4 Å². The molecule has 0 bridgehead atoms. The van der Waals surface area contributed by atoms with Crippen LogP contribution in [0.25, 0.3) is 0 Å². The third-order valence-corrected chi connectivity index (χ3v) is 6.88. The number of anilines is 1. The molecule has 1 atom stereocenters. The molecule has 0 unspecified atom stereocenters. The summed E-state index contributed by atoms with van der Waals surface area (Å²) in [6, 6.07) is 8.33. The van der Waals surface area contributed by atoms with Gasteiger partial charge in [0.05, 0.1) is 17.2 Å². The van der Waals surface area contributed by atoms with Crippen LogP contribution in [0.2, 0.25) is 0 Å². The van der Waals surface area contributed by atoms with Gasteiger partial charge < -0.3 is 9.64 Å². The number of carbonyl (C=O) groups excluding carboxylic acids is 3. The van der Waals surface area contributed by atoms with Crippen LogP contribution < -0.4 is 5.01 Å². The van der Waals surface area contributed by atoms with Gasteiger partial charge in [0, 0.05) is 25.4 Å². The van der Waals surface area contributed by atoms with Crippen molar-refractivity contribution in [2.24, 2.45) is 11.0 Å². The zero-order chi connectivity index (χ0) is 22.6. The molecule has 1 fully saturated rings. The minimum absolute atomic E-state index is 0.0550. The molecule has 10 heteroatoms. The Morgan fingerprint density at radius 2 is 1.94 bits per heavy atom. The summed E-state index contributed by atoms with van der Waals surface area (Å²) in [6.07, 6.45) is 0.623. The van der Waals surface area contributed by atoms with Crippen molar-refractivity contribution in [2.75, 3.05) is 29.7 Å². The Hall–Kier alpha value is -2.75. The van der Waals surface area contributed by atoms with Crippen molar-refractivity contribution in [3.63, 3.8) is 0 Å². The largest absolute Gasteiger partial charge is 0.451 e. The Kier molecular flexibility index (Phi) is 7.09. The average molecular weight is 450 g/mol. The molecule has 1 aromatic carbocycles. The lowest BCUT2D eigenvalue weighted by molar-refractivity contribution is -0.148. The van der Waals surface area contributed by atoms with Crippen molar-refractivity contribution in [3.8, 4) is 0 Å². The molecule has 0 saturated carbocycles. The van der Waals surface area contributed by atoms with E-state index in [1.54, 1.807) is 30.3 Å². The summed E-state index contributed by atoms with van der Waals surface area (Å²) in [5.74, 6) is -1.30. The summed E-state index contributed by atoms with van der Waals surface area (Å²) >= 11 is 0. The predicted octanol–water partition coefficient (Wildman–Crippen LogP) is 1.38. The molecule has 0 N–H and O–H groups in total. The molecule has 2 aliphatic rings. The minimum atomic E-state index is -3.15. The Morgan fingerprint density at radius 3 is 2.55 bits per heavy atom. The molecular formula is C21H27N3O6S. The molecule has 1 aromatic rings. The first-order chi connectivity index (χ1) is 14.7. The number of nitrogens with zero attached hydrogens (tertiary/aromatic N) is 3. The predicted molar refractivity (Wildman–Crippen MR) is 115 cm³/mol. The van der Waals surface area contributed by atoms with Crippen LogP contribution in [-0.2, 0) is 29.0 Å². The van der Waals surface area contributed by atoms with Gasteiger partial charge in [0.25, 0.3) is 5.91 Å². The molecule has 0 spiro atoms. The van der Waals surface area contributed by atoms with Gasteiger partial charge in [-0.25, -0.2) is 18.2 Å². The Bertz CT molecular complexity index is 974. The molecule has 168 valence electrons. The maximum absolute atomic E-state index is 12.8. The zero-order valence-electron chi connectivity index (χ0n) is 17.7. The number of esters is 1. The molecule has 2 amide bonds. The van der Waals surface area contributed by atoms with E-state index in [2.05, 4.69) is 5.10 Å². The third-order valence-electron chi connectivity index (χ3n) is 5.13. The van der Waals surface area contributed by atoms with E-state index in [0.717, 1.165) is 5.01 Å². The first-order valence-corrected chi connectivity index (χ1v) is 12.1. The first-order valence-electron chi connectivity index (χ1n) is 10.3. The van der Waals surface area contributed by atoms with Crippen molar-refractivity contribution < 1.29 is 27.5 Å². The molecule has 0 aromatic heterocycles. The lowest BCUT2D eigenvalue weighted by Crippen LogP contribution is -2.45. The molecule has 31 heavy (non-hydrogen) atoms. The monoisotopic (exact) mass is 449 g/mol. The van der Waals surface area contributed by atoms with Crippen molar-refractivity contribution in [1.82, 2.24) is 4.90 Å². The Balaban J connectivity index is 1.65. The number of amides is 2. The van der Waals surface area contributed by atoms with Gasteiger partial charge in [-0.15, -0.1) is 0 Å². The second-order valence-corrected chi connectivity index (χ2v) is 10.4. The van der Waals surface area contributed by atoms with E-state index in [0.29, 0.717) is 18.7 Å². The Labute approximate surface area is 182 Å². The smallest absolute Gasteiger partial charge is 0.355 e. The second-order valence-electron chi connectivity index (χ2n) is 8.16. The summed E-state index contributed by atoms with van der Waals surface area (Å²) in [4.78, 5) is 38.9. The maximum atomic E-state index is 12.8. The quantitative estimate of drug-likeness (QED) is 0.581. The highest BCUT2D eigenvalue weighted by molar-refractivity contribution is 7.91. The molecule has 0 aliphatic carbocycles. The molecule has 3 rings (SSSR count). The van der Waals surface area contributed by atoms with E-state index < -0.39 is 34.4 Å². The molecule has 0 radical (unpaired) electrons. The van der Waals surface area contributed by atoms with Gasteiger partial charge in [-0.1, -0.05) is 32.0 Å². The van der Waals surface area contributed by atoms with Gasteiger partial charge in [0.2, 0.25) is 5.91 Å². The van der Waals surface area contributed by atoms with Crippen molar-refractivity contribution in [1.29, 1.82) is 0 Å². The highest BCUT2D eigenvalue weighted by Gasteiger charge is 2.35. The van der Waals surface area contributed by atoms with Crippen LogP contribution in [0.4, 0.5) is 5.69 Å². The van der Waals surface area contributed by atoms with Crippen LogP contribution >= 0.6 is 0 Å². The molecule has 1 saturated heterocycles. The number of para-hydroxylation sites is 1. The topological polar surface area (TPSA) is 113 Å². The highest BCUT2D eigenvalue weighted by Crippen LogP contribution is 2.21. The number of benzene rings is 1. The van der Waals surface area contributed by atoms with Gasteiger partial charge in [-0.3, -0.25) is 9.59 Å². The lowest BCUT2D eigenvalue weighted by Gasteiger charge is -2.30. The van der Waals surface area contributed by atoms with E-state index in [1.165, 1.54) is 4.90 Å². The maximum Gasteiger partial charge on any atom is 0.355 e. The van der Waals surface area contributed by atoms with Crippen LogP contribution in [0, 0.1) is 5.92 Å². The van der Waals surface area contributed by atoms with Gasteiger partial charge in [-0.05, 0) is 24.5 Å². The van der Waals surface area contributed by atoms with Crippen LogP contribution in [0.3, 0.4) is 0 Å². The summed E-state index contributed by atoms with van der Waals surface area (Å²) < 4.78 is 28.8. The van der Waals surface area contributed by atoms with Crippen LogP contribution in [-0.4, -0.2) is 67.5 Å². The SMILES string of the molecule is CC(C)CN(C(=O)COC(=O)C1=NN(c2ccccc2)C(=O)CC1)[C@H]1CCS(=O)(=O)C1. The number of rotatable bonds is 7. The number of sulfone groups is 1. The molecule has 2 aliphatic heterocycles. The minimum Gasteiger partial charge on any atom is -0.451 e. The second kappa shape index (κ2) is 9.59. The first kappa shape index (κ1) is 22.9. The number of hydrazone groups is 1. The fraction of sp³-hybridized carbons (Fsp3) is 0.524. The summed E-state index contributed by atoms with van der Waals surface area (Å²) in [6.45, 7) is 3.75. The molecule has 9 nitrogen and oxygen atoms in total. The van der Waals surface area contributed by atoms with E-state index >= 15 is 0 Å². The number of carbonyl (C=O) groups is 3. The van der Waals surface area contributed by atoms with Gasteiger partial charge >= 0.3 is 5.97 Å². The lowest BCUT2D eigenvalue weighted by atomic mass is 10.1. The van der Waals surface area contributed by atoms with E-state index in [-0.39, 0.29) is 41.9 Å². The Morgan fingerprint density at radius 1 is 1.23 bits per heavy atom. The van der Waals surface area contributed by atoms with Crippen LogP contribution in [0.1, 0.15) is 33.1 Å². The highest BCUT2D eigenvalue weighted by atomic mass is 32.2. The fourth-order valence-electron chi connectivity index (χ4n) is 3.63. The van der Waals surface area contributed by atoms with Crippen LogP contribution in [0.5, 0.6) is 0 Å². The van der Waals surface area contributed by atoms with Gasteiger partial charge in [-0.2, -0.15) is 5.10 Å². The average Bonchev–Trinajstić information content (AvgIpc) is 3.10. The number of ether oxygens (including phenoxy) is 1. The molecule has 2 heterocycles. The van der Waals surface area contributed by atoms with Crippen LogP contribution in [0.15, 0.2) is 35.4 Å². The summed E-state index contributed by atoms with van der Waals surface area (Å²) in [7, 11) is -3.15. The number of hydrogen-bond donors (Lipinski definition) is 0. The van der Waals surface area contributed by atoms with E-state index in [1.807, 2.05) is 13.8 Å². The normalized spacial score (nSPS) is 20.5. The van der Waals surface area contributed by atoms with E-state index in [9.17, 15) is 22.8 Å². The number of hydrogen-bond acceptors (Lipinski definition) is 7. The third kappa shape index (κ3) is 5.90. The standard InChI is InChI=1S/C21H27N3O6S/c1-15(2)12-23(17-10-11-31(28,29)14-17)20(26)13-30-21(27)18-8-9-19(25)24(22-18)16-6-4-3-5-7-16/h3-7,15,17H,8-14H2,1-2H3/t17-/m0/s1. The zero-order valence-corrected chi connectivity index (χ0v) is 18.5.